The Bertz CT molecular complexity index is 853. The smallest absolute Gasteiger partial charge is 0.313 e. The molecule has 0 aliphatic carbocycles. The Balaban J connectivity index is 1.96. The maximum atomic E-state index is 12.1. The van der Waals surface area contributed by atoms with Crippen molar-refractivity contribution in [2.24, 2.45) is 0 Å². The SMILES string of the molecule is COc1ccccc1C(CNC(=O)C(=O)Nc1cccc(NC(C)=O)c1)OC. The molecule has 0 spiro atoms. The van der Waals surface area contributed by atoms with E-state index in [1.54, 1.807) is 37.4 Å². The molecule has 28 heavy (non-hydrogen) atoms. The predicted octanol–water partition coefficient (Wildman–Crippen LogP) is 2.10. The summed E-state index contributed by atoms with van der Waals surface area (Å²) in [4.78, 5) is 35.4. The lowest BCUT2D eigenvalue weighted by Gasteiger charge is -2.19. The van der Waals surface area contributed by atoms with E-state index in [-0.39, 0.29) is 12.5 Å². The van der Waals surface area contributed by atoms with Crippen LogP contribution >= 0.6 is 0 Å². The zero-order chi connectivity index (χ0) is 20.5. The number of amides is 3. The van der Waals surface area contributed by atoms with Crippen LogP contribution < -0.4 is 20.7 Å². The highest BCUT2D eigenvalue weighted by Gasteiger charge is 2.19. The summed E-state index contributed by atoms with van der Waals surface area (Å²) in [5.41, 5.74) is 1.66. The van der Waals surface area contributed by atoms with Gasteiger partial charge in [-0.25, -0.2) is 0 Å². The molecule has 3 amide bonds. The molecule has 8 nitrogen and oxygen atoms in total. The van der Waals surface area contributed by atoms with Crippen molar-refractivity contribution in [3.8, 4) is 5.75 Å². The third kappa shape index (κ3) is 5.82. The molecule has 148 valence electrons. The molecular formula is C20H23N3O5. The number of ether oxygens (including phenoxy) is 2. The van der Waals surface area contributed by atoms with Crippen molar-refractivity contribution in [1.29, 1.82) is 0 Å². The van der Waals surface area contributed by atoms with Gasteiger partial charge in [0.2, 0.25) is 5.91 Å². The van der Waals surface area contributed by atoms with Gasteiger partial charge in [-0.3, -0.25) is 14.4 Å². The number of nitrogens with one attached hydrogen (secondary N) is 3. The Labute approximate surface area is 163 Å². The normalized spacial score (nSPS) is 11.2. The van der Waals surface area contributed by atoms with Gasteiger partial charge in [-0.15, -0.1) is 0 Å². The van der Waals surface area contributed by atoms with Crippen LogP contribution in [0.5, 0.6) is 5.75 Å². The molecule has 2 aromatic carbocycles. The first kappa shape index (κ1) is 20.9. The van der Waals surface area contributed by atoms with Gasteiger partial charge in [0.15, 0.2) is 0 Å². The van der Waals surface area contributed by atoms with Crippen molar-refractivity contribution in [3.63, 3.8) is 0 Å². The first-order chi connectivity index (χ1) is 13.4. The summed E-state index contributed by atoms with van der Waals surface area (Å²) in [6, 6.07) is 13.8. The second-order valence-corrected chi connectivity index (χ2v) is 5.89. The maximum absolute atomic E-state index is 12.1. The van der Waals surface area contributed by atoms with Crippen molar-refractivity contribution in [2.75, 3.05) is 31.4 Å². The van der Waals surface area contributed by atoms with Gasteiger partial charge in [0.05, 0.1) is 7.11 Å². The van der Waals surface area contributed by atoms with Gasteiger partial charge in [-0.05, 0) is 24.3 Å². The number of carbonyl (C=O) groups is 3. The molecule has 0 bridgehead atoms. The summed E-state index contributed by atoms with van der Waals surface area (Å²) in [7, 11) is 3.06. The fraction of sp³-hybridized carbons (Fsp3) is 0.250. The maximum Gasteiger partial charge on any atom is 0.313 e. The van der Waals surface area contributed by atoms with E-state index in [0.29, 0.717) is 17.1 Å². The van der Waals surface area contributed by atoms with Crippen molar-refractivity contribution < 1.29 is 23.9 Å². The lowest BCUT2D eigenvalue weighted by Crippen LogP contribution is -2.38. The monoisotopic (exact) mass is 385 g/mol. The van der Waals surface area contributed by atoms with E-state index < -0.39 is 17.9 Å². The van der Waals surface area contributed by atoms with E-state index >= 15 is 0 Å². The summed E-state index contributed by atoms with van der Waals surface area (Å²) < 4.78 is 10.7. The van der Waals surface area contributed by atoms with Crippen LogP contribution in [0.25, 0.3) is 0 Å². The number of methoxy groups -OCH3 is 2. The number of anilines is 2. The lowest BCUT2D eigenvalue weighted by molar-refractivity contribution is -0.136. The second kappa shape index (κ2) is 10.1. The van der Waals surface area contributed by atoms with E-state index in [4.69, 9.17) is 9.47 Å². The van der Waals surface area contributed by atoms with Crippen LogP contribution in [0.2, 0.25) is 0 Å². The second-order valence-electron chi connectivity index (χ2n) is 5.89. The Morgan fingerprint density at radius 1 is 0.929 bits per heavy atom. The molecule has 1 unspecified atom stereocenters. The van der Waals surface area contributed by atoms with Crippen molar-refractivity contribution in [2.45, 2.75) is 13.0 Å². The van der Waals surface area contributed by atoms with Crippen LogP contribution in [-0.2, 0) is 19.1 Å². The van der Waals surface area contributed by atoms with E-state index in [9.17, 15) is 14.4 Å². The summed E-state index contributed by atoms with van der Waals surface area (Å²) in [6.07, 6.45) is -0.476. The van der Waals surface area contributed by atoms with Gasteiger partial charge >= 0.3 is 11.8 Å². The zero-order valence-corrected chi connectivity index (χ0v) is 15.9. The minimum Gasteiger partial charge on any atom is -0.496 e. The molecule has 0 fully saturated rings. The van der Waals surface area contributed by atoms with Crippen LogP contribution in [-0.4, -0.2) is 38.5 Å². The third-order valence-electron chi connectivity index (χ3n) is 3.87. The minimum absolute atomic E-state index is 0.0923. The molecule has 0 saturated heterocycles. The molecule has 0 aromatic heterocycles. The Hall–Kier alpha value is -3.39. The number of hydrogen-bond donors (Lipinski definition) is 3. The van der Waals surface area contributed by atoms with Crippen LogP contribution in [0.15, 0.2) is 48.5 Å². The van der Waals surface area contributed by atoms with Crippen molar-refractivity contribution in [1.82, 2.24) is 5.32 Å². The van der Waals surface area contributed by atoms with Gasteiger partial charge in [0.25, 0.3) is 0 Å². The summed E-state index contributed by atoms with van der Waals surface area (Å²) in [6.45, 7) is 1.47. The highest BCUT2D eigenvalue weighted by atomic mass is 16.5. The Kier molecular flexibility index (Phi) is 7.53. The van der Waals surface area contributed by atoms with Crippen LogP contribution in [0.4, 0.5) is 11.4 Å². The number of hydrogen-bond acceptors (Lipinski definition) is 5. The topological polar surface area (TPSA) is 106 Å². The fourth-order valence-electron chi connectivity index (χ4n) is 2.58. The van der Waals surface area contributed by atoms with Gasteiger partial charge < -0.3 is 25.4 Å². The number of para-hydroxylation sites is 1. The number of benzene rings is 2. The van der Waals surface area contributed by atoms with E-state index in [0.717, 1.165) is 5.56 Å². The average Bonchev–Trinajstić information content (AvgIpc) is 2.68. The first-order valence-corrected chi connectivity index (χ1v) is 8.57. The zero-order valence-electron chi connectivity index (χ0n) is 15.9. The van der Waals surface area contributed by atoms with Crippen LogP contribution in [0.3, 0.4) is 0 Å². The van der Waals surface area contributed by atoms with Gasteiger partial charge in [0.1, 0.15) is 11.9 Å². The third-order valence-corrected chi connectivity index (χ3v) is 3.87. The summed E-state index contributed by atoms with van der Waals surface area (Å²) in [5, 5.41) is 7.65. The molecule has 8 heteroatoms. The molecule has 2 rings (SSSR count). The number of carbonyl (C=O) groups excluding carboxylic acids is 3. The lowest BCUT2D eigenvalue weighted by atomic mass is 10.1. The molecule has 0 aliphatic heterocycles. The highest BCUT2D eigenvalue weighted by Crippen LogP contribution is 2.26. The average molecular weight is 385 g/mol. The quantitative estimate of drug-likeness (QED) is 0.633. The van der Waals surface area contributed by atoms with E-state index in [2.05, 4.69) is 16.0 Å². The molecule has 0 radical (unpaired) electrons. The molecule has 0 heterocycles. The molecule has 3 N–H and O–H groups in total. The molecular weight excluding hydrogens is 362 g/mol. The predicted molar refractivity (Wildman–Crippen MR) is 105 cm³/mol. The van der Waals surface area contributed by atoms with E-state index in [1.807, 2.05) is 18.2 Å². The number of rotatable bonds is 7. The van der Waals surface area contributed by atoms with Crippen LogP contribution in [0.1, 0.15) is 18.6 Å². The van der Waals surface area contributed by atoms with Gasteiger partial charge in [-0.2, -0.15) is 0 Å². The van der Waals surface area contributed by atoms with Crippen LogP contribution in [0, 0.1) is 0 Å². The highest BCUT2D eigenvalue weighted by molar-refractivity contribution is 6.39. The summed E-state index contributed by atoms with van der Waals surface area (Å²) >= 11 is 0. The Morgan fingerprint density at radius 2 is 1.61 bits per heavy atom. The molecule has 0 saturated carbocycles. The molecule has 0 aliphatic rings. The van der Waals surface area contributed by atoms with Crippen molar-refractivity contribution in [3.05, 3.63) is 54.1 Å². The molecule has 2 aromatic rings. The summed E-state index contributed by atoms with van der Waals surface area (Å²) in [5.74, 6) is -1.23. The minimum atomic E-state index is -0.824. The standard InChI is InChI=1S/C20H23N3O5/c1-13(24)22-14-7-6-8-15(11-14)23-20(26)19(25)21-12-18(28-3)16-9-4-5-10-17(16)27-2/h4-11,18H,12H2,1-3H3,(H,21,25)(H,22,24)(H,23,26). The largest absolute Gasteiger partial charge is 0.496 e. The Morgan fingerprint density at radius 3 is 2.25 bits per heavy atom. The van der Waals surface area contributed by atoms with Gasteiger partial charge in [-0.1, -0.05) is 24.3 Å². The van der Waals surface area contributed by atoms with Gasteiger partial charge in [0, 0.05) is 37.5 Å². The first-order valence-electron chi connectivity index (χ1n) is 8.57. The fourth-order valence-corrected chi connectivity index (χ4v) is 2.58. The van der Waals surface area contributed by atoms with E-state index in [1.165, 1.54) is 14.0 Å². The van der Waals surface area contributed by atoms with Crippen molar-refractivity contribution >= 4 is 29.1 Å². The molecule has 1 atom stereocenters.